The molecule has 0 fully saturated rings. The van der Waals surface area contributed by atoms with Gasteiger partial charge in [-0.25, -0.2) is 0 Å². The predicted octanol–water partition coefficient (Wildman–Crippen LogP) is 14.7. The first kappa shape index (κ1) is 51.4. The first-order chi connectivity index (χ1) is 25.9. The van der Waals surface area contributed by atoms with Gasteiger partial charge >= 0.3 is 17.9 Å². The lowest BCUT2D eigenvalue weighted by atomic mass is 9.99. The summed E-state index contributed by atoms with van der Waals surface area (Å²) >= 11 is 0. The Kier molecular flexibility index (Phi) is 40.3. The Morgan fingerprint density at radius 2 is 0.660 bits per heavy atom. The lowest BCUT2D eigenvalue weighted by molar-refractivity contribution is -0.167. The molecular weight excluding hydrogens is 661 g/mol. The lowest BCUT2D eigenvalue weighted by Crippen LogP contribution is -2.30. The van der Waals surface area contributed by atoms with Crippen LogP contribution in [0, 0.1) is 5.92 Å². The van der Waals surface area contributed by atoms with E-state index in [1.807, 2.05) is 0 Å². The molecule has 0 radical (unpaired) electrons. The van der Waals surface area contributed by atoms with E-state index in [2.05, 4.69) is 27.7 Å². The molecule has 0 aromatic heterocycles. The lowest BCUT2D eigenvalue weighted by Gasteiger charge is -2.18. The third kappa shape index (κ3) is 39.9. The fourth-order valence-corrected chi connectivity index (χ4v) is 6.95. The Morgan fingerprint density at radius 1 is 0.377 bits per heavy atom. The standard InChI is InChI=1S/C47H90O6/c1-5-8-10-12-13-14-15-21-24-27-31-35-39-46(49)52-42-44(41-51-45(48)38-34-29-11-9-6-2)53-47(50)40-36-32-28-25-22-19-17-16-18-20-23-26-30-33-37-43(4)7-3/h43-44H,5-42H2,1-4H3/t43?,44-/m0/s1. The Morgan fingerprint density at radius 3 is 0.981 bits per heavy atom. The second kappa shape index (κ2) is 41.6. The molecule has 0 saturated heterocycles. The van der Waals surface area contributed by atoms with Crippen LogP contribution in [0.5, 0.6) is 0 Å². The first-order valence-corrected chi connectivity index (χ1v) is 23.4. The first-order valence-electron chi connectivity index (χ1n) is 23.4. The highest BCUT2D eigenvalue weighted by atomic mass is 16.6. The van der Waals surface area contributed by atoms with Crippen molar-refractivity contribution in [1.82, 2.24) is 0 Å². The summed E-state index contributed by atoms with van der Waals surface area (Å²) in [7, 11) is 0. The zero-order valence-electron chi connectivity index (χ0n) is 36.0. The topological polar surface area (TPSA) is 78.9 Å². The summed E-state index contributed by atoms with van der Waals surface area (Å²) in [5.74, 6) is 0.0283. The van der Waals surface area contributed by atoms with Crippen LogP contribution in [0.2, 0.25) is 0 Å². The van der Waals surface area contributed by atoms with E-state index in [9.17, 15) is 14.4 Å². The smallest absolute Gasteiger partial charge is 0.306 e. The Labute approximate surface area is 329 Å². The second-order valence-corrected chi connectivity index (χ2v) is 16.3. The summed E-state index contributed by atoms with van der Waals surface area (Å²) in [6.45, 7) is 8.96. The summed E-state index contributed by atoms with van der Waals surface area (Å²) in [5, 5.41) is 0. The van der Waals surface area contributed by atoms with Crippen LogP contribution in [0.3, 0.4) is 0 Å². The number of hydrogen-bond donors (Lipinski definition) is 0. The van der Waals surface area contributed by atoms with Gasteiger partial charge in [-0.3, -0.25) is 14.4 Å². The Bertz CT molecular complexity index is 798. The molecule has 0 rings (SSSR count). The molecule has 0 bridgehead atoms. The van der Waals surface area contributed by atoms with Crippen molar-refractivity contribution in [2.24, 2.45) is 5.92 Å². The van der Waals surface area contributed by atoms with Crippen molar-refractivity contribution in [1.29, 1.82) is 0 Å². The zero-order chi connectivity index (χ0) is 38.9. The van der Waals surface area contributed by atoms with Crippen LogP contribution >= 0.6 is 0 Å². The van der Waals surface area contributed by atoms with Crippen LogP contribution < -0.4 is 0 Å². The monoisotopic (exact) mass is 751 g/mol. The van der Waals surface area contributed by atoms with Gasteiger partial charge in [-0.05, 0) is 25.2 Å². The highest BCUT2D eigenvalue weighted by Crippen LogP contribution is 2.17. The molecule has 53 heavy (non-hydrogen) atoms. The zero-order valence-corrected chi connectivity index (χ0v) is 36.0. The minimum atomic E-state index is -0.757. The van der Waals surface area contributed by atoms with E-state index in [0.29, 0.717) is 19.3 Å². The summed E-state index contributed by atoms with van der Waals surface area (Å²) in [6.07, 6.45) is 41.1. The SMILES string of the molecule is CCCCCCCCCCCCCCC(=O)OC[C@H](COC(=O)CCCCCCC)OC(=O)CCCCCCCCCCCCCCCCC(C)CC. The third-order valence-corrected chi connectivity index (χ3v) is 10.9. The number of ether oxygens (including phenoxy) is 3. The molecule has 6 heteroatoms. The number of carbonyl (C=O) groups excluding carboxylic acids is 3. The number of esters is 3. The Hall–Kier alpha value is -1.59. The molecule has 1 unspecified atom stereocenters. The van der Waals surface area contributed by atoms with Gasteiger partial charge in [0.1, 0.15) is 13.2 Å². The molecule has 2 atom stereocenters. The van der Waals surface area contributed by atoms with Crippen LogP contribution in [0.4, 0.5) is 0 Å². The maximum atomic E-state index is 12.7. The van der Waals surface area contributed by atoms with Crippen molar-refractivity contribution in [3.63, 3.8) is 0 Å². The van der Waals surface area contributed by atoms with Crippen molar-refractivity contribution in [2.75, 3.05) is 13.2 Å². The van der Waals surface area contributed by atoms with Crippen molar-refractivity contribution >= 4 is 17.9 Å². The normalized spacial score (nSPS) is 12.5. The van der Waals surface area contributed by atoms with Gasteiger partial charge in [0, 0.05) is 19.3 Å². The third-order valence-electron chi connectivity index (χ3n) is 10.9. The molecule has 0 heterocycles. The molecule has 6 nitrogen and oxygen atoms in total. The fraction of sp³-hybridized carbons (Fsp3) is 0.936. The van der Waals surface area contributed by atoms with Crippen molar-refractivity contribution in [3.05, 3.63) is 0 Å². The molecule has 0 aliphatic heterocycles. The van der Waals surface area contributed by atoms with Crippen molar-refractivity contribution < 1.29 is 28.6 Å². The summed E-state index contributed by atoms with van der Waals surface area (Å²) < 4.78 is 16.6. The number of rotatable bonds is 42. The average Bonchev–Trinajstić information content (AvgIpc) is 3.15. The number of unbranched alkanes of at least 4 members (excludes halogenated alkanes) is 28. The molecule has 0 aromatic carbocycles. The molecule has 314 valence electrons. The van der Waals surface area contributed by atoms with Gasteiger partial charge in [0.15, 0.2) is 6.10 Å². The van der Waals surface area contributed by atoms with Gasteiger partial charge < -0.3 is 14.2 Å². The maximum Gasteiger partial charge on any atom is 0.306 e. The molecule has 0 aliphatic carbocycles. The van der Waals surface area contributed by atoms with Crippen LogP contribution in [0.1, 0.15) is 259 Å². The average molecular weight is 751 g/mol. The minimum absolute atomic E-state index is 0.0645. The highest BCUT2D eigenvalue weighted by Gasteiger charge is 2.19. The van der Waals surface area contributed by atoms with Crippen LogP contribution in [-0.2, 0) is 28.6 Å². The van der Waals surface area contributed by atoms with E-state index in [1.165, 1.54) is 148 Å². The van der Waals surface area contributed by atoms with E-state index in [1.54, 1.807) is 0 Å². The van der Waals surface area contributed by atoms with Crippen LogP contribution in [-0.4, -0.2) is 37.2 Å². The number of carbonyl (C=O) groups is 3. The quantitative estimate of drug-likeness (QED) is 0.0351. The molecule has 0 spiro atoms. The minimum Gasteiger partial charge on any atom is -0.462 e. The summed E-state index contributed by atoms with van der Waals surface area (Å²) in [5.41, 5.74) is 0. The van der Waals surface area contributed by atoms with Crippen LogP contribution in [0.25, 0.3) is 0 Å². The van der Waals surface area contributed by atoms with E-state index < -0.39 is 6.10 Å². The predicted molar refractivity (Wildman–Crippen MR) is 224 cm³/mol. The van der Waals surface area contributed by atoms with Gasteiger partial charge in [-0.2, -0.15) is 0 Å². The largest absolute Gasteiger partial charge is 0.462 e. The van der Waals surface area contributed by atoms with Gasteiger partial charge in [0.25, 0.3) is 0 Å². The molecule has 0 amide bonds. The molecule has 0 N–H and O–H groups in total. The van der Waals surface area contributed by atoms with Gasteiger partial charge in [-0.15, -0.1) is 0 Å². The Balaban J connectivity index is 4.15. The van der Waals surface area contributed by atoms with E-state index >= 15 is 0 Å². The van der Waals surface area contributed by atoms with Gasteiger partial charge in [-0.1, -0.05) is 220 Å². The number of hydrogen-bond acceptors (Lipinski definition) is 6. The van der Waals surface area contributed by atoms with E-state index in [0.717, 1.165) is 70.1 Å². The van der Waals surface area contributed by atoms with Gasteiger partial charge in [0.2, 0.25) is 0 Å². The molecule has 0 aromatic rings. The molecular formula is C47H90O6. The fourth-order valence-electron chi connectivity index (χ4n) is 6.95. The second-order valence-electron chi connectivity index (χ2n) is 16.3. The maximum absolute atomic E-state index is 12.7. The van der Waals surface area contributed by atoms with E-state index in [-0.39, 0.29) is 31.1 Å². The van der Waals surface area contributed by atoms with Crippen molar-refractivity contribution in [2.45, 2.75) is 265 Å². The molecule has 0 aliphatic rings. The van der Waals surface area contributed by atoms with E-state index in [4.69, 9.17) is 14.2 Å². The van der Waals surface area contributed by atoms with Crippen molar-refractivity contribution in [3.8, 4) is 0 Å². The van der Waals surface area contributed by atoms with Crippen LogP contribution in [0.15, 0.2) is 0 Å². The van der Waals surface area contributed by atoms with Gasteiger partial charge in [0.05, 0.1) is 0 Å². The summed E-state index contributed by atoms with van der Waals surface area (Å²) in [4.78, 5) is 37.5. The summed E-state index contributed by atoms with van der Waals surface area (Å²) in [6, 6.07) is 0. The molecule has 0 saturated carbocycles. The highest BCUT2D eigenvalue weighted by molar-refractivity contribution is 5.71.